The maximum absolute atomic E-state index is 16.8. The molecular weight excluding hydrogens is 861 g/mol. The van der Waals surface area contributed by atoms with E-state index in [9.17, 15) is 28.6 Å². The van der Waals surface area contributed by atoms with Gasteiger partial charge in [-0.25, -0.2) is 42.5 Å². The maximum atomic E-state index is 16.8. The number of fused-ring (bicyclic) bond motifs is 5. The number of rotatable bonds is 8. The van der Waals surface area contributed by atoms with E-state index in [1.54, 1.807) is 41.5 Å². The van der Waals surface area contributed by atoms with Crippen LogP contribution in [0, 0.1) is 10.8 Å². The largest absolute Gasteiger partial charge is 0.478 e. The van der Waals surface area contributed by atoms with Gasteiger partial charge in [-0.1, -0.05) is 0 Å². The molecule has 7 heterocycles. The van der Waals surface area contributed by atoms with Gasteiger partial charge in [-0.3, -0.25) is 46.6 Å². The van der Waals surface area contributed by atoms with E-state index in [4.69, 9.17) is 57.6 Å². The number of halogens is 1. The number of carbonyl (C=O) groups excluding carboxylic acids is 2. The summed E-state index contributed by atoms with van der Waals surface area (Å²) >= 11 is 0. The molecule has 7 unspecified atom stereocenters. The number of H-pyrrole nitrogens is 1. The molecule has 6 N–H and O–H groups in total. The molecule has 3 fully saturated rings. The molecule has 0 aliphatic carbocycles. The van der Waals surface area contributed by atoms with E-state index < -0.39 is 120 Å². The standard InChI is InChI=1S/C32H43FN10O16P2/c1-31(2,3)28(46)50-12-54-60(48)52-7-14-19(44)21(27(56-14)43-11-39-18-24(43)40-30(35)41-25(18)45)59-61(49,55-13-51-29(47)32(4,5)6)53-8-15-20(58-60)16(33)26(57-15)42-10-38-17-22(34)36-9-37-23(17)42/h9-11,14-16,19-21,26-27,44H,7-8,12-13H2,1-6H3,(H2,34,36,37)(H3,35,40,41,45)/t14?,15-,16?,19?,20?,21?,26-,27-,60?,61?/m1/s1. The summed E-state index contributed by atoms with van der Waals surface area (Å²) in [5, 5.41) is 11.7. The number of nitrogens with two attached hydrogens (primary N) is 2. The number of aliphatic hydroxyl groups is 1. The minimum Gasteiger partial charge on any atom is -0.437 e. The van der Waals surface area contributed by atoms with Gasteiger partial charge >= 0.3 is 27.6 Å². The summed E-state index contributed by atoms with van der Waals surface area (Å²) in [5.74, 6) is -1.92. The van der Waals surface area contributed by atoms with Crippen molar-refractivity contribution in [2.45, 2.75) is 90.7 Å². The zero-order chi connectivity index (χ0) is 44.2. The number of hydrogen-bond acceptors (Lipinski definition) is 23. The van der Waals surface area contributed by atoms with Gasteiger partial charge in [0.05, 0.1) is 36.7 Å². The number of nitrogen functional groups attached to an aromatic ring is 2. The average Bonchev–Trinajstić information content (AvgIpc) is 3.94. The number of phosphoric ester groups is 2. The summed E-state index contributed by atoms with van der Waals surface area (Å²) in [6.07, 6.45) is -11.2. The molecule has 2 bridgehead atoms. The minimum atomic E-state index is -5.14. The van der Waals surface area contributed by atoms with E-state index in [0.717, 1.165) is 28.1 Å². The lowest BCUT2D eigenvalue weighted by atomic mass is 9.98. The number of nitrogens with one attached hydrogen (secondary N) is 1. The molecule has 3 saturated heterocycles. The third-order valence-corrected chi connectivity index (χ3v) is 12.1. The number of alkyl halides is 1. The van der Waals surface area contributed by atoms with Crippen molar-refractivity contribution in [2.24, 2.45) is 10.8 Å². The monoisotopic (exact) mass is 904 g/mol. The number of esters is 2. The van der Waals surface area contributed by atoms with Crippen LogP contribution in [-0.2, 0) is 64.8 Å². The minimum absolute atomic E-state index is 0.0247. The zero-order valence-electron chi connectivity index (χ0n) is 33.3. The highest BCUT2D eigenvalue weighted by molar-refractivity contribution is 7.48. The Morgan fingerprint density at radius 1 is 0.836 bits per heavy atom. The first-order valence-corrected chi connectivity index (χ1v) is 21.3. The Balaban J connectivity index is 1.27. The van der Waals surface area contributed by atoms with Gasteiger partial charge in [0.25, 0.3) is 5.56 Å². The Bertz CT molecular complexity index is 2460. The topological polar surface area (TPSA) is 340 Å². The van der Waals surface area contributed by atoms with Crippen LogP contribution < -0.4 is 17.0 Å². The molecule has 26 nitrogen and oxygen atoms in total. The molecule has 334 valence electrons. The number of imidazole rings is 2. The number of hydrogen-bond donors (Lipinski definition) is 4. The highest BCUT2D eigenvalue weighted by Gasteiger charge is 2.56. The summed E-state index contributed by atoms with van der Waals surface area (Å²) in [4.78, 5) is 60.4. The van der Waals surface area contributed by atoms with Gasteiger partial charge in [-0.05, 0) is 41.5 Å². The number of aromatic amines is 1. The van der Waals surface area contributed by atoms with Crippen molar-refractivity contribution in [1.82, 2.24) is 39.0 Å². The van der Waals surface area contributed by atoms with Crippen LogP contribution in [0.2, 0.25) is 0 Å². The molecule has 0 amide bonds. The number of ether oxygens (including phenoxy) is 4. The van der Waals surface area contributed by atoms with Crippen LogP contribution in [0.1, 0.15) is 54.0 Å². The van der Waals surface area contributed by atoms with Crippen LogP contribution in [0.3, 0.4) is 0 Å². The van der Waals surface area contributed by atoms with Crippen molar-refractivity contribution in [2.75, 3.05) is 38.3 Å². The summed E-state index contributed by atoms with van der Waals surface area (Å²) in [7, 11) is -10.3. The quantitative estimate of drug-likeness (QED) is 0.111. The Morgan fingerprint density at radius 2 is 1.38 bits per heavy atom. The Hall–Kier alpha value is -4.53. The van der Waals surface area contributed by atoms with Crippen molar-refractivity contribution in [3.8, 4) is 0 Å². The maximum Gasteiger partial charge on any atom is 0.478 e. The highest BCUT2D eigenvalue weighted by atomic mass is 31.2. The number of phosphoric acid groups is 2. The fourth-order valence-corrected chi connectivity index (χ4v) is 8.59. The van der Waals surface area contributed by atoms with E-state index in [1.807, 2.05) is 0 Å². The van der Waals surface area contributed by atoms with Crippen LogP contribution in [0.15, 0.2) is 23.8 Å². The lowest BCUT2D eigenvalue weighted by molar-refractivity contribution is -0.162. The lowest BCUT2D eigenvalue weighted by Gasteiger charge is -2.28. The van der Waals surface area contributed by atoms with Gasteiger partial charge in [0.15, 0.2) is 41.3 Å². The predicted octanol–water partition coefficient (Wildman–Crippen LogP) is 1.78. The van der Waals surface area contributed by atoms with Crippen molar-refractivity contribution in [3.05, 3.63) is 29.3 Å². The van der Waals surface area contributed by atoms with Crippen LogP contribution in [0.25, 0.3) is 22.3 Å². The summed E-state index contributed by atoms with van der Waals surface area (Å²) in [6, 6.07) is 0. The zero-order valence-corrected chi connectivity index (χ0v) is 35.1. The normalized spacial score (nSPS) is 31.3. The lowest BCUT2D eigenvalue weighted by Crippen LogP contribution is -2.36. The Morgan fingerprint density at radius 3 is 1.98 bits per heavy atom. The van der Waals surface area contributed by atoms with Crippen LogP contribution in [-0.4, -0.2) is 120 Å². The molecule has 4 aromatic rings. The second-order valence-electron chi connectivity index (χ2n) is 15.9. The van der Waals surface area contributed by atoms with Crippen molar-refractivity contribution >= 4 is 61.7 Å². The van der Waals surface area contributed by atoms with Gasteiger partial charge in [-0.15, -0.1) is 0 Å². The van der Waals surface area contributed by atoms with Gasteiger partial charge < -0.3 is 35.5 Å². The van der Waals surface area contributed by atoms with Crippen molar-refractivity contribution < 1.29 is 74.3 Å². The number of aliphatic hydroxyl groups excluding tert-OH is 1. The van der Waals surface area contributed by atoms with E-state index in [1.165, 1.54) is 0 Å². The molecular formula is C32H43FN10O16P2. The Kier molecular flexibility index (Phi) is 12.1. The van der Waals surface area contributed by atoms with Crippen molar-refractivity contribution in [3.63, 3.8) is 0 Å². The smallest absolute Gasteiger partial charge is 0.437 e. The summed E-state index contributed by atoms with van der Waals surface area (Å²) < 4.78 is 104. The van der Waals surface area contributed by atoms with Crippen LogP contribution in [0.5, 0.6) is 0 Å². The molecule has 0 saturated carbocycles. The number of nitrogens with zero attached hydrogens (tertiary/aromatic N) is 7. The SMILES string of the molecule is CC(C)(C)C(=O)OCOP1(=O)OC[C@H]2O[C@@H](n3cnc4c(N)ncnc43)C(F)C2OP(=O)(OCOC(=O)C(C)(C)C)OCC2O[C@@H](n3cnc4c(=O)[nH]c(N)nc43)C(O1)C2O. The first-order chi connectivity index (χ1) is 28.6. The first-order valence-electron chi connectivity index (χ1n) is 18.4. The molecule has 61 heavy (non-hydrogen) atoms. The number of carbonyl (C=O) groups is 2. The predicted molar refractivity (Wildman–Crippen MR) is 201 cm³/mol. The first kappa shape index (κ1) is 44.5. The van der Waals surface area contributed by atoms with Crippen molar-refractivity contribution in [1.29, 1.82) is 0 Å². The van der Waals surface area contributed by atoms with Gasteiger partial charge in [0, 0.05) is 0 Å². The van der Waals surface area contributed by atoms with Gasteiger partial charge in [-0.2, -0.15) is 4.98 Å². The molecule has 0 spiro atoms. The van der Waals surface area contributed by atoms with Gasteiger partial charge in [0.1, 0.15) is 42.4 Å². The third kappa shape index (κ3) is 9.18. The van der Waals surface area contributed by atoms with E-state index in [2.05, 4.69) is 29.9 Å². The summed E-state index contributed by atoms with van der Waals surface area (Å²) in [6.45, 7) is 5.40. The molecule has 3 aliphatic rings. The molecule has 29 heteroatoms. The second-order valence-corrected chi connectivity index (χ2v) is 19.2. The molecule has 4 aromatic heterocycles. The fourth-order valence-electron chi connectivity index (χ4n) is 6.10. The fraction of sp³-hybridized carbons (Fsp3) is 0.625. The molecule has 0 aromatic carbocycles. The number of anilines is 2. The molecule has 0 radical (unpaired) electrons. The van der Waals surface area contributed by atoms with E-state index in [-0.39, 0.29) is 34.1 Å². The molecule has 10 atom stereocenters. The van der Waals surface area contributed by atoms with Gasteiger partial charge in [0.2, 0.25) is 19.5 Å². The molecule has 7 rings (SSSR count). The summed E-state index contributed by atoms with van der Waals surface area (Å²) in [5.41, 5.74) is 8.65. The average molecular weight is 905 g/mol. The Labute approximate surface area is 343 Å². The molecule has 3 aliphatic heterocycles. The van der Waals surface area contributed by atoms with E-state index in [0.29, 0.717) is 0 Å². The van der Waals surface area contributed by atoms with E-state index >= 15 is 4.39 Å². The number of aromatic nitrogens is 8. The van der Waals surface area contributed by atoms with Crippen LogP contribution in [0.4, 0.5) is 16.2 Å². The highest BCUT2D eigenvalue weighted by Crippen LogP contribution is 2.58. The van der Waals surface area contributed by atoms with Crippen LogP contribution >= 0.6 is 15.6 Å². The third-order valence-electron chi connectivity index (χ3n) is 9.29. The second kappa shape index (κ2) is 16.6.